The number of phenolic OH excluding ortho intramolecular Hbond substituents is 1. The summed E-state index contributed by atoms with van der Waals surface area (Å²) in [4.78, 5) is 33.8. The molecule has 1 saturated heterocycles. The maximum atomic E-state index is 13.3. The van der Waals surface area contributed by atoms with E-state index in [2.05, 4.69) is 0 Å². The molecule has 7 nitrogen and oxygen atoms in total. The van der Waals surface area contributed by atoms with Gasteiger partial charge in [-0.2, -0.15) is 0 Å². The Kier molecular flexibility index (Phi) is 8.38. The van der Waals surface area contributed by atoms with E-state index < -0.39 is 19.7 Å². The summed E-state index contributed by atoms with van der Waals surface area (Å²) >= 11 is 0. The Morgan fingerprint density at radius 2 is 1.56 bits per heavy atom. The fraction of sp³-hybridized carbons (Fsp3) is 0.219. The molecule has 0 aromatic heterocycles. The highest BCUT2D eigenvalue weighted by Crippen LogP contribution is 2.47. The third-order valence-corrected chi connectivity index (χ3v) is 8.63. The fourth-order valence-corrected chi connectivity index (χ4v) is 6.13. The number of carbonyl (C=O) groups is 1. The number of aliphatic hydroxyl groups excluding tert-OH is 1. The van der Waals surface area contributed by atoms with Crippen LogP contribution in [-0.4, -0.2) is 25.9 Å². The first-order valence-corrected chi connectivity index (χ1v) is 15.0. The molecule has 0 bridgehead atoms. The number of aromatic hydroxyl groups is 1. The highest BCUT2D eigenvalue weighted by Gasteiger charge is 2.42. The van der Waals surface area contributed by atoms with Crippen LogP contribution in [0.5, 0.6) is 5.75 Å². The molecular formula is C32H31FNO6P. The molecule has 41 heavy (non-hydrogen) atoms. The number of hydrogen-bond acceptors (Lipinski definition) is 4. The quantitative estimate of drug-likeness (QED) is 0.182. The summed E-state index contributed by atoms with van der Waals surface area (Å²) in [5.41, 5.74) is 3.31. The van der Waals surface area contributed by atoms with Crippen molar-refractivity contribution in [2.24, 2.45) is 5.92 Å². The van der Waals surface area contributed by atoms with Crippen molar-refractivity contribution in [3.8, 4) is 16.9 Å². The molecule has 0 aliphatic carbocycles. The number of hydrogen-bond donors (Lipinski definition) is 4. The molecule has 3 atom stereocenters. The number of amides is 1. The molecule has 1 fully saturated rings. The van der Waals surface area contributed by atoms with Crippen LogP contribution in [0.4, 0.5) is 10.1 Å². The van der Waals surface area contributed by atoms with Crippen molar-refractivity contribution >= 4 is 24.5 Å². The Morgan fingerprint density at radius 3 is 2.20 bits per heavy atom. The van der Waals surface area contributed by atoms with Crippen molar-refractivity contribution in [2.45, 2.75) is 37.8 Å². The van der Waals surface area contributed by atoms with Gasteiger partial charge in [0.25, 0.3) is 0 Å². The number of para-hydroxylation sites is 1. The van der Waals surface area contributed by atoms with Gasteiger partial charge in [0.2, 0.25) is 5.91 Å². The largest absolute Gasteiger partial charge is 0.508 e. The lowest BCUT2D eigenvalue weighted by atomic mass is 9.87. The molecule has 1 amide bonds. The molecule has 0 saturated carbocycles. The lowest BCUT2D eigenvalue weighted by Crippen LogP contribution is -2.28. The van der Waals surface area contributed by atoms with Crippen LogP contribution < -0.4 is 10.2 Å². The number of rotatable bonds is 9. The maximum Gasteiger partial charge on any atom is 0.356 e. The van der Waals surface area contributed by atoms with Crippen LogP contribution in [0, 0.1) is 11.7 Å². The number of benzene rings is 4. The monoisotopic (exact) mass is 575 g/mol. The van der Waals surface area contributed by atoms with Crippen LogP contribution in [-0.2, 0) is 9.36 Å². The Balaban J connectivity index is 1.40. The van der Waals surface area contributed by atoms with Crippen molar-refractivity contribution in [2.75, 3.05) is 4.90 Å². The number of halogens is 1. The van der Waals surface area contributed by atoms with Crippen molar-refractivity contribution < 1.29 is 33.7 Å². The molecule has 3 unspecified atom stereocenters. The van der Waals surface area contributed by atoms with E-state index in [-0.39, 0.29) is 35.1 Å². The van der Waals surface area contributed by atoms with E-state index in [4.69, 9.17) is 0 Å². The van der Waals surface area contributed by atoms with Crippen molar-refractivity contribution in [3.63, 3.8) is 0 Å². The Bertz CT molecular complexity index is 1560. The van der Waals surface area contributed by atoms with Crippen molar-refractivity contribution in [1.82, 2.24) is 0 Å². The van der Waals surface area contributed by atoms with Gasteiger partial charge in [0.15, 0.2) is 0 Å². The molecule has 4 N–H and O–H groups in total. The highest BCUT2D eigenvalue weighted by atomic mass is 31.2. The van der Waals surface area contributed by atoms with Crippen LogP contribution in [0.25, 0.3) is 11.1 Å². The Morgan fingerprint density at radius 1 is 0.902 bits per heavy atom. The van der Waals surface area contributed by atoms with Crippen LogP contribution in [0.2, 0.25) is 0 Å². The second-order valence-electron chi connectivity index (χ2n) is 10.4. The molecule has 4 aromatic rings. The molecule has 1 aliphatic heterocycles. The number of nitrogens with zero attached hydrogens (tertiary/aromatic N) is 1. The number of phenols is 1. The van der Waals surface area contributed by atoms with Crippen LogP contribution in [0.1, 0.15) is 49.0 Å². The lowest BCUT2D eigenvalue weighted by molar-refractivity contribution is -0.117. The predicted octanol–water partition coefficient (Wildman–Crippen LogP) is 6.00. The summed E-state index contributed by atoms with van der Waals surface area (Å²) in [6.07, 6.45) is 1.24. The molecule has 0 spiro atoms. The van der Waals surface area contributed by atoms with Gasteiger partial charge in [0, 0.05) is 17.7 Å². The first-order chi connectivity index (χ1) is 19.6. The van der Waals surface area contributed by atoms with Gasteiger partial charge < -0.3 is 24.9 Å². The third-order valence-electron chi connectivity index (χ3n) is 7.66. The van der Waals surface area contributed by atoms with E-state index >= 15 is 0 Å². The highest BCUT2D eigenvalue weighted by molar-refractivity contribution is 7.60. The number of carbonyl (C=O) groups excluding carboxylic acids is 1. The van der Waals surface area contributed by atoms with Gasteiger partial charge in [-0.15, -0.1) is 0 Å². The first kappa shape index (κ1) is 28.7. The summed E-state index contributed by atoms with van der Waals surface area (Å²) in [6, 6.07) is 25.8. The molecule has 5 rings (SSSR count). The molecule has 1 heterocycles. The second-order valence-corrected chi connectivity index (χ2v) is 12.0. The van der Waals surface area contributed by atoms with Gasteiger partial charge in [-0.3, -0.25) is 9.36 Å². The molecule has 4 aromatic carbocycles. The molecule has 9 heteroatoms. The molecule has 212 valence electrons. The average molecular weight is 576 g/mol. The lowest BCUT2D eigenvalue weighted by Gasteiger charge is -2.30. The van der Waals surface area contributed by atoms with Crippen LogP contribution in [0.3, 0.4) is 0 Å². The van der Waals surface area contributed by atoms with Gasteiger partial charge in [0.1, 0.15) is 11.6 Å². The standard InChI is InChI=1S/C32H31FNO6P/c33-25-14-9-22(10-15-25)29(35)8-4-5-24-20-31(37)34(26-6-2-1-3-7-26)32(24)28-18-13-23(19-30(28)36)21-11-16-27(17-12-21)41(38,39)40/h1-3,6-7,9-19,24,29,32,35-36H,4-5,8,20H2,(H2,38,39,40). The fourth-order valence-electron chi connectivity index (χ4n) is 5.59. The average Bonchev–Trinajstić information content (AvgIpc) is 3.28. The zero-order valence-electron chi connectivity index (χ0n) is 22.2. The van der Waals surface area contributed by atoms with Crippen molar-refractivity contribution in [1.29, 1.82) is 0 Å². The Hall–Kier alpha value is -3.81. The van der Waals surface area contributed by atoms with Gasteiger partial charge in [-0.25, -0.2) is 4.39 Å². The summed E-state index contributed by atoms with van der Waals surface area (Å²) < 4.78 is 24.8. The topological polar surface area (TPSA) is 118 Å². The third kappa shape index (κ3) is 6.42. The van der Waals surface area contributed by atoms with E-state index in [1.165, 1.54) is 24.3 Å². The Labute approximate surface area is 237 Å². The van der Waals surface area contributed by atoms with E-state index in [9.17, 15) is 33.7 Å². The molecule has 1 aliphatic rings. The molecule has 0 radical (unpaired) electrons. The van der Waals surface area contributed by atoms with Gasteiger partial charge >= 0.3 is 7.60 Å². The second kappa shape index (κ2) is 12.0. The van der Waals surface area contributed by atoms with Crippen LogP contribution in [0.15, 0.2) is 97.1 Å². The van der Waals surface area contributed by atoms with Gasteiger partial charge in [-0.05, 0) is 77.9 Å². The first-order valence-electron chi connectivity index (χ1n) is 13.4. The van der Waals surface area contributed by atoms with E-state index in [1.54, 1.807) is 41.3 Å². The SMILES string of the molecule is O=C1CC(CCCC(O)c2ccc(F)cc2)C(c2ccc(-c3ccc(P(=O)(O)O)cc3)cc2O)N1c1ccccc1. The molecular weight excluding hydrogens is 544 g/mol. The summed E-state index contributed by atoms with van der Waals surface area (Å²) in [7, 11) is -4.36. The summed E-state index contributed by atoms with van der Waals surface area (Å²) in [6.45, 7) is 0. The maximum absolute atomic E-state index is 13.3. The summed E-state index contributed by atoms with van der Waals surface area (Å²) in [5, 5.41) is 21.7. The van der Waals surface area contributed by atoms with E-state index in [0.717, 1.165) is 5.69 Å². The zero-order chi connectivity index (χ0) is 29.1. The normalized spacial score (nSPS) is 18.0. The number of anilines is 1. The van der Waals surface area contributed by atoms with E-state index in [1.807, 2.05) is 36.4 Å². The van der Waals surface area contributed by atoms with Crippen molar-refractivity contribution in [3.05, 3.63) is 114 Å². The summed E-state index contributed by atoms with van der Waals surface area (Å²) in [5.74, 6) is -0.527. The van der Waals surface area contributed by atoms with Gasteiger partial charge in [-0.1, -0.05) is 61.0 Å². The number of aliphatic hydroxyl groups is 1. The minimum Gasteiger partial charge on any atom is -0.508 e. The van der Waals surface area contributed by atoms with Gasteiger partial charge in [0.05, 0.1) is 17.5 Å². The smallest absolute Gasteiger partial charge is 0.356 e. The predicted molar refractivity (Wildman–Crippen MR) is 155 cm³/mol. The van der Waals surface area contributed by atoms with E-state index in [0.29, 0.717) is 41.5 Å². The zero-order valence-corrected chi connectivity index (χ0v) is 23.1. The van der Waals surface area contributed by atoms with Crippen LogP contribution >= 0.6 is 7.60 Å². The minimum absolute atomic E-state index is 0.0125. The minimum atomic E-state index is -4.36.